The van der Waals surface area contributed by atoms with Gasteiger partial charge in [-0.25, -0.2) is 0 Å². The largest absolute Gasteiger partial charge is 0.348 e. The van der Waals surface area contributed by atoms with Gasteiger partial charge in [0.1, 0.15) is 0 Å². The summed E-state index contributed by atoms with van der Waals surface area (Å²) < 4.78 is 1.03. The highest BCUT2D eigenvalue weighted by molar-refractivity contribution is 9.10. The normalized spacial score (nSPS) is 14.1. The number of carbonyl (C=O) groups is 1. The number of hydrogen-bond acceptors (Lipinski definition) is 2. The highest BCUT2D eigenvalue weighted by Gasteiger charge is 2.15. The third kappa shape index (κ3) is 4.48. The number of nitrogens with one attached hydrogen (secondary N) is 1. The Labute approximate surface area is 111 Å². The Hall–Kier alpha value is -0.870. The zero-order chi connectivity index (χ0) is 12.8. The maximum Gasteiger partial charge on any atom is 0.237 e. The Morgan fingerprint density at radius 1 is 1.41 bits per heavy atom. The average molecular weight is 299 g/mol. The molecule has 94 valence electrons. The number of hydrogen-bond donors (Lipinski definition) is 2. The predicted octanol–water partition coefficient (Wildman–Crippen LogP) is 2.75. The van der Waals surface area contributed by atoms with Gasteiger partial charge in [-0.1, -0.05) is 41.4 Å². The summed E-state index contributed by atoms with van der Waals surface area (Å²) in [6, 6.07) is 7.48. The molecule has 1 aromatic rings. The van der Waals surface area contributed by atoms with E-state index in [0.29, 0.717) is 0 Å². The molecule has 1 aromatic carbocycles. The van der Waals surface area contributed by atoms with Crippen LogP contribution in [0.25, 0.3) is 0 Å². The lowest BCUT2D eigenvalue weighted by Crippen LogP contribution is -2.41. The first-order valence-electron chi connectivity index (χ1n) is 5.86. The van der Waals surface area contributed by atoms with Gasteiger partial charge in [0.25, 0.3) is 0 Å². The number of carbonyl (C=O) groups excluding carboxylic acids is 1. The van der Waals surface area contributed by atoms with Crippen LogP contribution in [0.2, 0.25) is 0 Å². The lowest BCUT2D eigenvalue weighted by atomic mass is 10.1. The lowest BCUT2D eigenvalue weighted by Gasteiger charge is -2.17. The van der Waals surface area contributed by atoms with E-state index in [0.717, 1.165) is 22.9 Å². The molecule has 0 aliphatic rings. The van der Waals surface area contributed by atoms with Crippen LogP contribution < -0.4 is 11.1 Å². The van der Waals surface area contributed by atoms with Crippen LogP contribution >= 0.6 is 15.9 Å². The van der Waals surface area contributed by atoms with Crippen molar-refractivity contribution in [3.8, 4) is 0 Å². The Balaban J connectivity index is 2.57. The fourth-order valence-electron chi connectivity index (χ4n) is 1.60. The smallest absolute Gasteiger partial charge is 0.237 e. The van der Waals surface area contributed by atoms with Crippen LogP contribution in [0.15, 0.2) is 28.7 Å². The summed E-state index contributed by atoms with van der Waals surface area (Å²) in [6.45, 7) is 3.98. The molecule has 17 heavy (non-hydrogen) atoms. The summed E-state index contributed by atoms with van der Waals surface area (Å²) in [5, 5.41) is 2.92. The van der Waals surface area contributed by atoms with E-state index in [9.17, 15) is 4.79 Å². The van der Waals surface area contributed by atoms with E-state index >= 15 is 0 Å². The van der Waals surface area contributed by atoms with E-state index in [2.05, 4.69) is 21.2 Å². The molecule has 3 nitrogen and oxygen atoms in total. The van der Waals surface area contributed by atoms with Gasteiger partial charge in [0.15, 0.2) is 0 Å². The van der Waals surface area contributed by atoms with Gasteiger partial charge < -0.3 is 11.1 Å². The molecule has 0 aliphatic carbocycles. The summed E-state index contributed by atoms with van der Waals surface area (Å²) in [4.78, 5) is 11.7. The van der Waals surface area contributed by atoms with E-state index in [1.165, 1.54) is 0 Å². The molecule has 0 heterocycles. The Morgan fingerprint density at radius 2 is 2.00 bits per heavy atom. The van der Waals surface area contributed by atoms with E-state index < -0.39 is 6.04 Å². The van der Waals surface area contributed by atoms with Crippen LogP contribution in [-0.4, -0.2) is 11.9 Å². The molecule has 1 rings (SSSR count). The molecule has 1 amide bonds. The maximum absolute atomic E-state index is 11.7. The van der Waals surface area contributed by atoms with E-state index in [1.54, 1.807) is 0 Å². The first-order valence-corrected chi connectivity index (χ1v) is 6.65. The average Bonchev–Trinajstić information content (AvgIpc) is 2.30. The summed E-state index contributed by atoms with van der Waals surface area (Å²) in [7, 11) is 0. The molecule has 2 atom stereocenters. The van der Waals surface area contributed by atoms with Gasteiger partial charge in [-0.3, -0.25) is 4.79 Å². The molecule has 0 spiro atoms. The molecule has 0 saturated heterocycles. The molecule has 0 radical (unpaired) electrons. The molecule has 4 heteroatoms. The van der Waals surface area contributed by atoms with Crippen molar-refractivity contribution in [1.82, 2.24) is 5.32 Å². The van der Waals surface area contributed by atoms with Gasteiger partial charge in [-0.2, -0.15) is 0 Å². The van der Waals surface area contributed by atoms with Gasteiger partial charge in [0.2, 0.25) is 5.91 Å². The summed E-state index contributed by atoms with van der Waals surface area (Å²) in [5.74, 6) is -0.0812. The molecular weight excluding hydrogens is 280 g/mol. The lowest BCUT2D eigenvalue weighted by molar-refractivity contribution is -0.123. The molecule has 0 fully saturated rings. The minimum atomic E-state index is -0.405. The second-order valence-corrected chi connectivity index (χ2v) is 5.09. The van der Waals surface area contributed by atoms with Crippen molar-refractivity contribution in [1.29, 1.82) is 0 Å². The molecule has 1 unspecified atom stereocenters. The zero-order valence-corrected chi connectivity index (χ0v) is 11.8. The Bertz CT molecular complexity index is 364. The molecule has 0 saturated carbocycles. The number of amides is 1. The van der Waals surface area contributed by atoms with E-state index in [-0.39, 0.29) is 11.9 Å². The van der Waals surface area contributed by atoms with Crippen LogP contribution in [0.5, 0.6) is 0 Å². The van der Waals surface area contributed by atoms with Crippen molar-refractivity contribution in [2.75, 3.05) is 0 Å². The quantitative estimate of drug-likeness (QED) is 0.878. The van der Waals surface area contributed by atoms with E-state index in [1.807, 2.05) is 38.1 Å². The summed E-state index contributed by atoms with van der Waals surface area (Å²) in [6.07, 6.45) is 1.64. The van der Waals surface area contributed by atoms with Crippen LogP contribution in [0, 0.1) is 0 Å². The minimum absolute atomic E-state index is 0.0153. The maximum atomic E-state index is 11.7. The first-order chi connectivity index (χ1) is 8.04. The molecule has 0 bridgehead atoms. The highest BCUT2D eigenvalue weighted by atomic mass is 79.9. The fraction of sp³-hybridized carbons (Fsp3) is 0.462. The van der Waals surface area contributed by atoms with Crippen molar-refractivity contribution in [2.45, 2.75) is 38.8 Å². The van der Waals surface area contributed by atoms with Gasteiger partial charge in [0, 0.05) is 4.47 Å². The molecule has 0 aliphatic heterocycles. The molecule has 3 N–H and O–H groups in total. The van der Waals surface area contributed by atoms with Crippen molar-refractivity contribution in [3.63, 3.8) is 0 Å². The van der Waals surface area contributed by atoms with Gasteiger partial charge in [-0.15, -0.1) is 0 Å². The second kappa shape index (κ2) is 6.77. The summed E-state index contributed by atoms with van der Waals surface area (Å²) in [5.41, 5.74) is 6.83. The van der Waals surface area contributed by atoms with Crippen LogP contribution in [0.4, 0.5) is 0 Å². The second-order valence-electron chi connectivity index (χ2n) is 4.18. The SMILES string of the molecule is CCC[C@H](N)C(=O)NC(C)c1ccc(Br)cc1. The molecular formula is C13H19BrN2O. The Kier molecular flexibility index (Phi) is 5.65. The topological polar surface area (TPSA) is 55.1 Å². The van der Waals surface area contributed by atoms with Crippen molar-refractivity contribution < 1.29 is 4.79 Å². The number of benzene rings is 1. The van der Waals surface area contributed by atoms with E-state index in [4.69, 9.17) is 5.73 Å². The standard InChI is InChI=1S/C13H19BrN2O/c1-3-4-12(15)13(17)16-9(2)10-5-7-11(14)8-6-10/h5-9,12H,3-4,15H2,1-2H3,(H,16,17)/t9?,12-/m0/s1. The Morgan fingerprint density at radius 3 is 2.53 bits per heavy atom. The molecule has 0 aromatic heterocycles. The van der Waals surface area contributed by atoms with Gasteiger partial charge >= 0.3 is 0 Å². The zero-order valence-electron chi connectivity index (χ0n) is 10.2. The van der Waals surface area contributed by atoms with Crippen molar-refractivity contribution in [2.24, 2.45) is 5.73 Å². The van der Waals surface area contributed by atoms with Crippen molar-refractivity contribution in [3.05, 3.63) is 34.3 Å². The van der Waals surface area contributed by atoms with Crippen LogP contribution in [0.1, 0.15) is 38.3 Å². The number of rotatable bonds is 5. The monoisotopic (exact) mass is 298 g/mol. The van der Waals surface area contributed by atoms with Crippen LogP contribution in [0.3, 0.4) is 0 Å². The fourth-order valence-corrected chi connectivity index (χ4v) is 1.86. The van der Waals surface area contributed by atoms with Crippen LogP contribution in [-0.2, 0) is 4.79 Å². The third-order valence-corrected chi connectivity index (χ3v) is 3.19. The third-order valence-electron chi connectivity index (χ3n) is 2.67. The number of nitrogens with two attached hydrogens (primary N) is 1. The minimum Gasteiger partial charge on any atom is -0.348 e. The highest BCUT2D eigenvalue weighted by Crippen LogP contribution is 2.16. The van der Waals surface area contributed by atoms with Crippen molar-refractivity contribution >= 4 is 21.8 Å². The predicted molar refractivity (Wildman–Crippen MR) is 73.6 cm³/mol. The van der Waals surface area contributed by atoms with Gasteiger partial charge in [-0.05, 0) is 31.0 Å². The number of halogens is 1. The first kappa shape index (κ1) is 14.2. The van der Waals surface area contributed by atoms with Gasteiger partial charge in [0.05, 0.1) is 12.1 Å². The summed E-state index contributed by atoms with van der Waals surface area (Å²) >= 11 is 3.38.